The monoisotopic (exact) mass is 489 g/mol. The highest BCUT2D eigenvalue weighted by atomic mass is 32.2. The van der Waals surface area contributed by atoms with E-state index in [1.165, 1.54) is 17.3 Å². The number of carbonyl (C=O) groups is 1. The Morgan fingerprint density at radius 2 is 1.94 bits per heavy atom. The fourth-order valence-corrected chi connectivity index (χ4v) is 4.76. The lowest BCUT2D eigenvalue weighted by molar-refractivity contribution is -0.118. The molecule has 4 rings (SSSR count). The molecule has 0 atom stereocenters. The topological polar surface area (TPSA) is 90.5 Å². The molecule has 0 unspecified atom stereocenters. The number of amides is 1. The molecule has 0 saturated heterocycles. The van der Waals surface area contributed by atoms with E-state index in [4.69, 9.17) is 0 Å². The number of hydrogen-bond donors (Lipinski definition) is 1. The van der Waals surface area contributed by atoms with Crippen molar-refractivity contribution in [3.05, 3.63) is 71.8 Å². The lowest BCUT2D eigenvalue weighted by Crippen LogP contribution is -2.27. The predicted molar refractivity (Wildman–Crippen MR) is 139 cm³/mol. The normalized spacial score (nSPS) is 11.2. The van der Waals surface area contributed by atoms with Gasteiger partial charge >= 0.3 is 0 Å². The summed E-state index contributed by atoms with van der Waals surface area (Å²) >= 11 is 1.39. The van der Waals surface area contributed by atoms with Crippen molar-refractivity contribution in [3.63, 3.8) is 0 Å². The summed E-state index contributed by atoms with van der Waals surface area (Å²) in [7, 11) is 0. The second-order valence-corrected chi connectivity index (χ2v) is 9.68. The molecule has 8 nitrogen and oxygen atoms in total. The quantitative estimate of drug-likeness (QED) is 0.259. The van der Waals surface area contributed by atoms with Gasteiger partial charge in [-0.15, -0.1) is 10.2 Å². The zero-order valence-electron chi connectivity index (χ0n) is 20.6. The van der Waals surface area contributed by atoms with Crippen molar-refractivity contribution < 1.29 is 4.79 Å². The number of nitrogens with one attached hydrogen (secondary N) is 1. The molecule has 0 fully saturated rings. The van der Waals surface area contributed by atoms with Crippen LogP contribution in [0, 0.1) is 13.8 Å². The van der Waals surface area contributed by atoms with E-state index in [1.807, 2.05) is 47.4 Å². The minimum atomic E-state index is -0.0296. The van der Waals surface area contributed by atoms with E-state index in [1.54, 1.807) is 12.4 Å². The van der Waals surface area contributed by atoms with Crippen LogP contribution in [0.4, 0.5) is 0 Å². The molecule has 1 aromatic carbocycles. The van der Waals surface area contributed by atoms with Gasteiger partial charge in [-0.3, -0.25) is 19.0 Å². The third-order valence-electron chi connectivity index (χ3n) is 5.66. The van der Waals surface area contributed by atoms with Crippen molar-refractivity contribution in [2.45, 2.75) is 51.7 Å². The van der Waals surface area contributed by atoms with E-state index in [0.29, 0.717) is 23.4 Å². The zero-order valence-corrected chi connectivity index (χ0v) is 21.4. The van der Waals surface area contributed by atoms with E-state index in [9.17, 15) is 4.79 Å². The third kappa shape index (κ3) is 5.97. The second-order valence-electron chi connectivity index (χ2n) is 8.74. The Bertz CT molecular complexity index is 1280. The molecule has 0 saturated carbocycles. The summed E-state index contributed by atoms with van der Waals surface area (Å²) in [6, 6.07) is 14.2. The van der Waals surface area contributed by atoms with E-state index in [-0.39, 0.29) is 11.7 Å². The van der Waals surface area contributed by atoms with Crippen LogP contribution in [0.2, 0.25) is 0 Å². The molecular weight excluding hydrogens is 458 g/mol. The predicted octanol–water partition coefficient (Wildman–Crippen LogP) is 4.56. The SMILES string of the molecule is Cc1cc(C)n(CCCNC(=O)CSc2nnc(-c3cccnc3)n2-c2ccccc2C(C)C)n1. The average molecular weight is 490 g/mol. The van der Waals surface area contributed by atoms with Crippen LogP contribution in [0.15, 0.2) is 60.0 Å². The van der Waals surface area contributed by atoms with Crippen LogP contribution in [0.3, 0.4) is 0 Å². The molecule has 35 heavy (non-hydrogen) atoms. The fourth-order valence-electron chi connectivity index (χ4n) is 3.98. The molecular formula is C26H31N7OS. The largest absolute Gasteiger partial charge is 0.355 e. The molecule has 1 amide bonds. The van der Waals surface area contributed by atoms with Crippen molar-refractivity contribution in [1.29, 1.82) is 0 Å². The Hall–Kier alpha value is -3.46. The van der Waals surface area contributed by atoms with Gasteiger partial charge in [0.15, 0.2) is 11.0 Å². The van der Waals surface area contributed by atoms with Gasteiger partial charge in [-0.1, -0.05) is 43.8 Å². The Morgan fingerprint density at radius 1 is 1.11 bits per heavy atom. The van der Waals surface area contributed by atoms with Gasteiger partial charge in [-0.25, -0.2) is 0 Å². The van der Waals surface area contributed by atoms with Crippen LogP contribution >= 0.6 is 11.8 Å². The third-order valence-corrected chi connectivity index (χ3v) is 6.59. The summed E-state index contributed by atoms with van der Waals surface area (Å²) in [5.41, 5.74) is 5.22. The maximum absolute atomic E-state index is 12.6. The van der Waals surface area contributed by atoms with Crippen molar-refractivity contribution in [3.8, 4) is 17.1 Å². The first-order valence-electron chi connectivity index (χ1n) is 11.8. The lowest BCUT2D eigenvalue weighted by Gasteiger charge is -2.16. The van der Waals surface area contributed by atoms with Crippen LogP contribution < -0.4 is 5.32 Å². The van der Waals surface area contributed by atoms with Crippen LogP contribution in [0.1, 0.15) is 43.1 Å². The van der Waals surface area contributed by atoms with Gasteiger partial charge in [0.2, 0.25) is 5.91 Å². The number of aromatic nitrogens is 6. The molecule has 0 spiro atoms. The molecule has 9 heteroatoms. The average Bonchev–Trinajstić information content (AvgIpc) is 3.43. The van der Waals surface area contributed by atoms with Crippen LogP contribution in [-0.4, -0.2) is 47.7 Å². The number of aryl methyl sites for hydroxylation is 3. The summed E-state index contributed by atoms with van der Waals surface area (Å²) < 4.78 is 4.01. The van der Waals surface area contributed by atoms with E-state index >= 15 is 0 Å². The minimum absolute atomic E-state index is 0.0296. The molecule has 0 bridgehead atoms. The van der Waals surface area contributed by atoms with E-state index in [2.05, 4.69) is 57.6 Å². The molecule has 3 heterocycles. The van der Waals surface area contributed by atoms with Gasteiger partial charge in [-0.2, -0.15) is 5.10 Å². The second kappa shape index (κ2) is 11.3. The molecule has 4 aromatic rings. The first-order chi connectivity index (χ1) is 16.9. The van der Waals surface area contributed by atoms with Gasteiger partial charge in [0, 0.05) is 36.7 Å². The lowest BCUT2D eigenvalue weighted by atomic mass is 10.0. The highest BCUT2D eigenvalue weighted by molar-refractivity contribution is 7.99. The van der Waals surface area contributed by atoms with Gasteiger partial charge in [0.05, 0.1) is 17.1 Å². The first-order valence-corrected chi connectivity index (χ1v) is 12.8. The molecule has 1 N–H and O–H groups in total. The Morgan fingerprint density at radius 3 is 2.66 bits per heavy atom. The maximum atomic E-state index is 12.6. The Kier molecular flexibility index (Phi) is 7.97. The number of hydrogen-bond acceptors (Lipinski definition) is 6. The smallest absolute Gasteiger partial charge is 0.230 e. The number of benzene rings is 1. The summed E-state index contributed by atoms with van der Waals surface area (Å²) in [6.07, 6.45) is 4.34. The van der Waals surface area contributed by atoms with Crippen molar-refractivity contribution >= 4 is 17.7 Å². The van der Waals surface area contributed by atoms with Crippen molar-refractivity contribution in [2.24, 2.45) is 0 Å². The molecule has 182 valence electrons. The van der Waals surface area contributed by atoms with Crippen LogP contribution in [0.5, 0.6) is 0 Å². The summed E-state index contributed by atoms with van der Waals surface area (Å²) in [6.45, 7) is 9.74. The first kappa shape index (κ1) is 24.7. The van der Waals surface area contributed by atoms with Gasteiger partial charge in [0.1, 0.15) is 0 Å². The van der Waals surface area contributed by atoms with E-state index in [0.717, 1.165) is 35.6 Å². The highest BCUT2D eigenvalue weighted by Gasteiger charge is 2.20. The number of carbonyl (C=O) groups excluding carboxylic acids is 1. The van der Waals surface area contributed by atoms with Crippen LogP contribution in [0.25, 0.3) is 17.1 Å². The molecule has 0 radical (unpaired) electrons. The minimum Gasteiger partial charge on any atom is -0.355 e. The number of nitrogens with zero attached hydrogens (tertiary/aromatic N) is 6. The van der Waals surface area contributed by atoms with E-state index < -0.39 is 0 Å². The van der Waals surface area contributed by atoms with Crippen LogP contribution in [-0.2, 0) is 11.3 Å². The Balaban J connectivity index is 1.46. The number of rotatable bonds is 10. The molecule has 3 aromatic heterocycles. The summed E-state index contributed by atoms with van der Waals surface area (Å²) in [5.74, 6) is 1.25. The van der Waals surface area contributed by atoms with Gasteiger partial charge in [-0.05, 0) is 56.0 Å². The number of para-hydroxylation sites is 1. The van der Waals surface area contributed by atoms with Gasteiger partial charge < -0.3 is 5.32 Å². The molecule has 0 aliphatic heterocycles. The van der Waals surface area contributed by atoms with Crippen molar-refractivity contribution in [1.82, 2.24) is 34.8 Å². The Labute approximate surface area is 210 Å². The number of pyridine rings is 1. The summed E-state index contributed by atoms with van der Waals surface area (Å²) in [4.78, 5) is 16.8. The van der Waals surface area contributed by atoms with Crippen molar-refractivity contribution in [2.75, 3.05) is 12.3 Å². The number of thioether (sulfide) groups is 1. The zero-order chi connectivity index (χ0) is 24.8. The standard InChI is InChI=1S/C26H31N7OS/c1-18(2)22-10-5-6-11-23(22)33-25(21-9-7-12-27-16-21)29-30-26(33)35-17-24(34)28-13-8-14-32-20(4)15-19(3)31-32/h5-7,9-12,15-16,18H,8,13-14,17H2,1-4H3,(H,28,34). The maximum Gasteiger partial charge on any atom is 0.230 e. The molecule has 0 aliphatic carbocycles. The summed E-state index contributed by atoms with van der Waals surface area (Å²) in [5, 5.41) is 17.1. The molecule has 0 aliphatic rings. The van der Waals surface area contributed by atoms with Gasteiger partial charge in [0.25, 0.3) is 0 Å². The fraction of sp³-hybridized carbons (Fsp3) is 0.346. The highest BCUT2D eigenvalue weighted by Crippen LogP contribution is 2.31.